The molecule has 0 spiro atoms. The molecule has 6 heterocycles. The molecule has 0 radical (unpaired) electrons. The van der Waals surface area contributed by atoms with E-state index >= 15 is 0 Å². The summed E-state index contributed by atoms with van der Waals surface area (Å²) in [4.78, 5) is 41.0. The van der Waals surface area contributed by atoms with Crippen molar-refractivity contribution in [2.75, 3.05) is 14.2 Å². The first kappa shape index (κ1) is 35.9. The Bertz CT molecular complexity index is 2300. The molecule has 5 aromatic rings. The van der Waals surface area contributed by atoms with Crippen molar-refractivity contribution in [2.45, 2.75) is 56.6 Å². The van der Waals surface area contributed by atoms with Gasteiger partial charge >= 0.3 is 0 Å². The topological polar surface area (TPSA) is 112 Å². The third kappa shape index (κ3) is 6.33. The fourth-order valence-electron chi connectivity index (χ4n) is 8.24. The van der Waals surface area contributed by atoms with Crippen molar-refractivity contribution in [1.29, 1.82) is 0 Å². The van der Waals surface area contributed by atoms with Crippen molar-refractivity contribution in [3.05, 3.63) is 117 Å². The summed E-state index contributed by atoms with van der Waals surface area (Å²) in [6, 6.07) is 17.1. The van der Waals surface area contributed by atoms with Gasteiger partial charge in [0, 0.05) is 93.7 Å². The zero-order chi connectivity index (χ0) is 38.7. The van der Waals surface area contributed by atoms with Gasteiger partial charge in [-0.3, -0.25) is 19.6 Å². The van der Waals surface area contributed by atoms with Crippen LogP contribution < -0.4 is 18.9 Å². The molecule has 0 aliphatic carbocycles. The summed E-state index contributed by atoms with van der Waals surface area (Å²) in [5.41, 5.74) is 9.72. The number of ether oxygens (including phenoxy) is 4. The van der Waals surface area contributed by atoms with E-state index in [1.54, 1.807) is 38.5 Å². The third-order valence-corrected chi connectivity index (χ3v) is 11.9. The number of aliphatic imine (C=N–C) groups is 2. The van der Waals surface area contributed by atoms with Crippen LogP contribution in [0.3, 0.4) is 0 Å². The highest BCUT2D eigenvalue weighted by Gasteiger charge is 2.36. The van der Waals surface area contributed by atoms with E-state index in [1.165, 1.54) is 11.4 Å². The molecule has 0 saturated carbocycles. The number of alkyl halides is 1. The number of halogens is 1. The van der Waals surface area contributed by atoms with Gasteiger partial charge in [-0.05, 0) is 58.1 Å². The molecule has 0 N–H and O–H groups in total. The van der Waals surface area contributed by atoms with E-state index < -0.39 is 0 Å². The number of carbonyl (C=O) groups excluding carboxylic acids is 2. The fraction of sp³-hybridized carbons (Fsp3) is 0.302. The maximum atomic E-state index is 13.8. The van der Waals surface area contributed by atoms with Crippen LogP contribution >= 0.6 is 15.9 Å². The Labute approximate surface area is 333 Å². The molecule has 56 heavy (non-hydrogen) atoms. The third-order valence-electron chi connectivity index (χ3n) is 11.3. The van der Waals surface area contributed by atoms with Crippen molar-refractivity contribution < 1.29 is 28.5 Å². The molecule has 0 unspecified atom stereocenters. The van der Waals surface area contributed by atoms with Crippen molar-refractivity contribution in [3.8, 4) is 23.0 Å². The van der Waals surface area contributed by atoms with Crippen LogP contribution in [-0.2, 0) is 58.6 Å². The molecule has 2 amide bonds. The number of amides is 2. The van der Waals surface area contributed by atoms with Gasteiger partial charge in [-0.1, -0.05) is 28.1 Å². The van der Waals surface area contributed by atoms with Crippen LogP contribution in [0.4, 0.5) is 11.4 Å². The monoisotopic (exact) mass is 816 g/mol. The number of fused-ring (bicyclic) bond motifs is 6. The maximum absolute atomic E-state index is 13.8. The van der Waals surface area contributed by atoms with Crippen LogP contribution in [0, 0.1) is 0 Å². The molecule has 286 valence electrons. The second-order valence-electron chi connectivity index (χ2n) is 14.7. The first-order chi connectivity index (χ1) is 27.2. The Balaban J connectivity index is 0.925. The summed E-state index contributed by atoms with van der Waals surface area (Å²) in [5, 5.41) is 0.634. The van der Waals surface area contributed by atoms with Crippen molar-refractivity contribution in [3.63, 3.8) is 0 Å². The molecule has 3 aromatic carbocycles. The Morgan fingerprint density at radius 2 is 1.09 bits per heavy atom. The summed E-state index contributed by atoms with van der Waals surface area (Å²) in [7, 11) is 7.21. The Morgan fingerprint density at radius 3 is 1.52 bits per heavy atom. The number of aromatic nitrogens is 2. The zero-order valence-corrected chi connectivity index (χ0v) is 33.2. The number of hydrogen-bond donors (Lipinski definition) is 0. The summed E-state index contributed by atoms with van der Waals surface area (Å²) < 4.78 is 28.5. The van der Waals surface area contributed by atoms with Crippen molar-refractivity contribution in [1.82, 2.24) is 18.9 Å². The van der Waals surface area contributed by atoms with Crippen LogP contribution in [-0.4, -0.2) is 69.5 Å². The Kier molecular flexibility index (Phi) is 9.19. The second-order valence-corrected chi connectivity index (χ2v) is 15.2. The average molecular weight is 818 g/mol. The predicted octanol–water partition coefficient (Wildman–Crippen LogP) is 7.00. The van der Waals surface area contributed by atoms with Gasteiger partial charge in [0.05, 0.1) is 48.8 Å². The number of carbonyl (C=O) groups is 2. The van der Waals surface area contributed by atoms with E-state index in [0.29, 0.717) is 76.8 Å². The lowest BCUT2D eigenvalue weighted by atomic mass is 10.00. The molecule has 2 atom stereocenters. The number of rotatable bonds is 9. The van der Waals surface area contributed by atoms with Crippen LogP contribution in [0.1, 0.15) is 59.9 Å². The van der Waals surface area contributed by atoms with Crippen LogP contribution in [0.2, 0.25) is 0 Å². The largest absolute Gasteiger partial charge is 0.493 e. The zero-order valence-electron chi connectivity index (χ0n) is 31.6. The number of aryl methyl sites for hydroxylation is 2. The normalized spacial score (nSPS) is 17.9. The van der Waals surface area contributed by atoms with E-state index in [9.17, 15) is 9.59 Å². The maximum Gasteiger partial charge on any atom is 0.257 e. The molecule has 0 saturated heterocycles. The van der Waals surface area contributed by atoms with Gasteiger partial charge in [0.25, 0.3) is 11.8 Å². The highest BCUT2D eigenvalue weighted by molar-refractivity contribution is 9.08. The van der Waals surface area contributed by atoms with Crippen LogP contribution in [0.5, 0.6) is 23.0 Å². The summed E-state index contributed by atoms with van der Waals surface area (Å²) in [6.07, 6.45) is 9.23. The van der Waals surface area contributed by atoms with E-state index in [0.717, 1.165) is 27.8 Å². The molecule has 4 aliphatic rings. The van der Waals surface area contributed by atoms with Gasteiger partial charge in [0.1, 0.15) is 13.2 Å². The molecular weight excluding hydrogens is 776 g/mol. The lowest BCUT2D eigenvalue weighted by molar-refractivity contribution is 0.0694. The number of benzene rings is 3. The lowest BCUT2D eigenvalue weighted by Crippen LogP contribution is -2.44. The van der Waals surface area contributed by atoms with Gasteiger partial charge in [0.2, 0.25) is 0 Å². The SMILES string of the molecule is COc1cc2c(cc1OCc1cc(CBr)cc(COc3cc4c(cc3OC)C(=O)N3Cc5ccn(C)c5C[C@H]3C=N4)c1)N=C[C@@H]1Cc3c(ccn3C)CN1C2=O. The summed E-state index contributed by atoms with van der Waals surface area (Å²) in [6.45, 7) is 1.54. The smallest absolute Gasteiger partial charge is 0.257 e. The van der Waals surface area contributed by atoms with E-state index in [4.69, 9.17) is 28.9 Å². The van der Waals surface area contributed by atoms with Crippen molar-refractivity contribution in [2.24, 2.45) is 24.1 Å². The minimum absolute atomic E-state index is 0.0807. The molecule has 0 bridgehead atoms. The number of nitrogens with zero attached hydrogens (tertiary/aromatic N) is 6. The highest BCUT2D eigenvalue weighted by atomic mass is 79.9. The molecule has 9 rings (SSSR count). The van der Waals surface area contributed by atoms with Gasteiger partial charge in [-0.2, -0.15) is 0 Å². The van der Waals surface area contributed by atoms with Gasteiger partial charge in [0.15, 0.2) is 23.0 Å². The molecule has 4 aliphatic heterocycles. The first-order valence-corrected chi connectivity index (χ1v) is 19.7. The van der Waals surface area contributed by atoms with Gasteiger partial charge in [-0.25, -0.2) is 0 Å². The summed E-state index contributed by atoms with van der Waals surface area (Å²) >= 11 is 3.62. The Hall–Kier alpha value is -5.82. The number of methoxy groups -OCH3 is 2. The van der Waals surface area contributed by atoms with Crippen molar-refractivity contribution >= 4 is 51.5 Å². The predicted molar refractivity (Wildman–Crippen MR) is 216 cm³/mol. The van der Waals surface area contributed by atoms with Crippen LogP contribution in [0.25, 0.3) is 0 Å². The molecule has 2 aromatic heterocycles. The second kappa shape index (κ2) is 14.4. The number of hydrogen-bond acceptors (Lipinski definition) is 8. The summed E-state index contributed by atoms with van der Waals surface area (Å²) in [5.74, 6) is 1.74. The van der Waals surface area contributed by atoms with Crippen LogP contribution in [0.15, 0.2) is 77.0 Å². The first-order valence-electron chi connectivity index (χ1n) is 18.5. The minimum Gasteiger partial charge on any atom is -0.493 e. The molecular formula is C43H41BrN6O6. The highest BCUT2D eigenvalue weighted by Crippen LogP contribution is 2.41. The van der Waals surface area contributed by atoms with Gasteiger partial charge < -0.3 is 37.9 Å². The molecule has 12 nitrogen and oxygen atoms in total. The lowest BCUT2D eigenvalue weighted by Gasteiger charge is -2.33. The minimum atomic E-state index is -0.138. The quantitative estimate of drug-likeness (QED) is 0.148. The average Bonchev–Trinajstić information content (AvgIpc) is 3.69. The molecule has 13 heteroatoms. The standard InChI is InChI=1S/C43H41BrN6O6/c1-47-7-5-28-21-49-30(12-36(28)47)19-45-34-16-40(38(53-3)14-32(34)42(49)51)55-23-26-9-25(18-44)10-27(11-26)24-56-41-17-35-33(15-39(41)54-4)43(52)50-22-29-6-8-48(2)37(29)13-31(50)20-46-35/h5-11,14-17,19-20,30-31H,12-13,18,21-24H2,1-4H3/t30-,31-/m0/s1. The fourth-order valence-corrected chi connectivity index (χ4v) is 8.57. The Morgan fingerprint density at radius 1 is 0.643 bits per heavy atom. The van der Waals surface area contributed by atoms with E-state index in [-0.39, 0.29) is 37.1 Å². The van der Waals surface area contributed by atoms with Gasteiger partial charge in [-0.15, -0.1) is 0 Å². The van der Waals surface area contributed by atoms with E-state index in [1.807, 2.05) is 54.8 Å². The molecule has 0 fully saturated rings. The van der Waals surface area contributed by atoms with E-state index in [2.05, 4.69) is 49.3 Å².